The molecular weight excluding hydrogens is 785 g/mol. The minimum absolute atomic E-state index is 0. The van der Waals surface area contributed by atoms with Crippen molar-refractivity contribution in [2.45, 2.75) is 25.7 Å². The number of amides is 1. The van der Waals surface area contributed by atoms with Gasteiger partial charge in [0.05, 0.1) is 49.4 Å². The van der Waals surface area contributed by atoms with Crippen LogP contribution in [0.4, 0.5) is 0 Å². The van der Waals surface area contributed by atoms with E-state index in [9.17, 15) is 4.79 Å². The molecule has 2 aliphatic heterocycles. The molecule has 0 radical (unpaired) electrons. The number of benzene rings is 4. The normalized spacial score (nSPS) is 12.6. The molecule has 0 spiro atoms. The summed E-state index contributed by atoms with van der Waals surface area (Å²) in [6.07, 6.45) is 8.80. The Morgan fingerprint density at radius 1 is 0.686 bits per heavy atom. The zero-order chi connectivity index (χ0) is 37.4. The summed E-state index contributed by atoms with van der Waals surface area (Å²) in [5.74, 6) is 0. The van der Waals surface area contributed by atoms with E-state index in [0.29, 0.717) is 0 Å². The number of nitrogens with one attached hydrogen (secondary N) is 1. The summed E-state index contributed by atoms with van der Waals surface area (Å²) >= 11 is 1.62. The van der Waals surface area contributed by atoms with Gasteiger partial charge in [-0.1, -0.05) is 72.8 Å². The molecule has 11 heteroatoms. The van der Waals surface area contributed by atoms with E-state index in [2.05, 4.69) is 155 Å². The fraction of sp³-hybridized carbons (Fsp3) is 0.325. The van der Waals surface area contributed by atoms with Crippen LogP contribution in [0.1, 0.15) is 27.1 Å². The van der Waals surface area contributed by atoms with Gasteiger partial charge in [-0.3, -0.25) is 16.5 Å². The van der Waals surface area contributed by atoms with Crippen LogP contribution in [0.25, 0.3) is 0 Å². The van der Waals surface area contributed by atoms with E-state index in [1.165, 1.54) is 72.3 Å². The molecule has 2 heterocycles. The van der Waals surface area contributed by atoms with Gasteiger partial charge < -0.3 is 15.0 Å². The molecule has 0 aromatic heterocycles. The Balaban J connectivity index is 0.00000107. The van der Waals surface area contributed by atoms with Crippen LogP contribution in [-0.4, -0.2) is 87.8 Å². The van der Waals surface area contributed by atoms with Crippen LogP contribution in [0.2, 0.25) is 0 Å². The van der Waals surface area contributed by atoms with Crippen LogP contribution in [0.15, 0.2) is 121 Å². The number of halogens is 1. The second-order valence-corrected chi connectivity index (χ2v) is 16.8. The summed E-state index contributed by atoms with van der Waals surface area (Å²) in [6.45, 7) is 9.97. The predicted octanol–water partition coefficient (Wildman–Crippen LogP) is 5.06. The SMILES string of the molecule is C1CCNC1.CN(CC[PH+](c1ccccc1)c1ccccc1)CC[PH+](c1ccccc1)c1ccccc1.O=C=O.O=CN1CCCC1.[CH-]=O.[Cl][RuH+2].[HH]. The maximum absolute atomic E-state index is 9.93. The number of likely N-dealkylation sites (tertiary alicyclic amines) is 1. The van der Waals surface area contributed by atoms with E-state index in [1.54, 1.807) is 22.2 Å². The van der Waals surface area contributed by atoms with Crippen molar-refractivity contribution < 1.29 is 37.9 Å². The van der Waals surface area contributed by atoms with Gasteiger partial charge in [0.15, 0.2) is 0 Å². The standard InChI is InChI=1S/C29H31NP2.C5H9NO.C4H9N.CO2.CHO.ClH.Ru.H2.H/c1-30(22-24-31(26-14-6-2-7-15-26)27-16-8-3-9-17-27)23-25-32(28-18-10-4-11-19-28)29-20-12-5-13-21-29;7-5-6-3-1-2-4-6;1-2-4-5-3-1;2-1-3;1-2;;;;/h2-21H,22-25H2,1H3;5H,1-4H2;5H,1-4H2;;1H;1H;;1H;/q;;;;-1;;+3;;/p+1. The van der Waals surface area contributed by atoms with E-state index in [0.717, 1.165) is 32.6 Å². The molecule has 51 heavy (non-hydrogen) atoms. The molecule has 276 valence electrons. The molecule has 0 atom stereocenters. The van der Waals surface area contributed by atoms with Gasteiger partial charge in [0.1, 0.15) is 0 Å². The van der Waals surface area contributed by atoms with Crippen molar-refractivity contribution >= 4 is 66.1 Å². The summed E-state index contributed by atoms with van der Waals surface area (Å²) in [5.41, 5.74) is 0. The third kappa shape index (κ3) is 20.1. The van der Waals surface area contributed by atoms with Crippen molar-refractivity contribution in [1.82, 2.24) is 15.1 Å². The molecule has 0 saturated carbocycles. The van der Waals surface area contributed by atoms with Crippen molar-refractivity contribution in [3.8, 4) is 0 Å². The molecule has 1 N–H and O–H groups in total. The summed E-state index contributed by atoms with van der Waals surface area (Å²) < 4.78 is 0. The summed E-state index contributed by atoms with van der Waals surface area (Å²) in [7, 11) is 5.37. The van der Waals surface area contributed by atoms with Crippen LogP contribution >= 0.6 is 25.5 Å². The largest absolute Gasteiger partial charge is 0 e. The van der Waals surface area contributed by atoms with Gasteiger partial charge in [-0.05, 0) is 94.4 Å². The minimum Gasteiger partial charge on any atom is 0 e. The Morgan fingerprint density at radius 3 is 1.20 bits per heavy atom. The molecule has 0 unspecified atom stereocenters. The monoisotopic (exact) mass is 840 g/mol. The first kappa shape index (κ1) is 46.1. The first-order valence-electron chi connectivity index (χ1n) is 17.0. The molecule has 2 fully saturated rings. The Hall–Kier alpha value is -2.91. The van der Waals surface area contributed by atoms with Crippen molar-refractivity contribution in [2.24, 2.45) is 0 Å². The maximum atomic E-state index is 9.93. The zero-order valence-electron chi connectivity index (χ0n) is 29.5. The van der Waals surface area contributed by atoms with Crippen molar-refractivity contribution in [1.29, 1.82) is 0 Å². The second-order valence-electron chi connectivity index (χ2n) is 11.6. The van der Waals surface area contributed by atoms with Crippen LogP contribution in [-0.2, 0) is 36.5 Å². The van der Waals surface area contributed by atoms with Crippen LogP contribution in [0.5, 0.6) is 0 Å². The number of carbonyl (C=O) groups is 1. The Kier molecular flexibility index (Phi) is 28.8. The van der Waals surface area contributed by atoms with Gasteiger partial charge in [0.2, 0.25) is 6.41 Å². The number of nitrogens with zero attached hydrogens (tertiary/aromatic N) is 2. The van der Waals surface area contributed by atoms with Crippen LogP contribution in [0, 0.1) is 0 Å². The molecule has 1 amide bonds. The van der Waals surface area contributed by atoms with E-state index in [-0.39, 0.29) is 7.58 Å². The van der Waals surface area contributed by atoms with Crippen molar-refractivity contribution in [3.05, 3.63) is 121 Å². The summed E-state index contributed by atoms with van der Waals surface area (Å²) in [5, 5.41) is 9.26. The van der Waals surface area contributed by atoms with E-state index in [4.69, 9.17) is 14.4 Å². The summed E-state index contributed by atoms with van der Waals surface area (Å²) in [6, 6.07) is 44.4. The van der Waals surface area contributed by atoms with Gasteiger partial charge >= 0.3 is 33.2 Å². The Labute approximate surface area is 323 Å². The molecule has 6 rings (SSSR count). The molecule has 7 nitrogen and oxygen atoms in total. The smallest absolute Gasteiger partial charge is 0 e. The van der Waals surface area contributed by atoms with E-state index >= 15 is 0 Å². The first-order chi connectivity index (χ1) is 25.2. The molecule has 0 aliphatic carbocycles. The van der Waals surface area contributed by atoms with Gasteiger partial charge in [0.25, 0.3) is 0 Å². The quantitative estimate of drug-likeness (QED) is 0.0985. The van der Waals surface area contributed by atoms with Crippen molar-refractivity contribution in [2.75, 3.05) is 58.6 Å². The minimum atomic E-state index is -0.769. The maximum Gasteiger partial charge on any atom is 0 e. The van der Waals surface area contributed by atoms with Crippen LogP contribution in [0.3, 0.4) is 0 Å². The summed E-state index contributed by atoms with van der Waals surface area (Å²) in [4.78, 5) is 38.3. The zero-order valence-corrected chi connectivity index (χ0v) is 34.1. The van der Waals surface area contributed by atoms with E-state index < -0.39 is 15.8 Å². The average molecular weight is 840 g/mol. The molecule has 0 bridgehead atoms. The molecular formula is C40H55ClN3O4P2Ru+3. The second kappa shape index (κ2) is 31.8. The third-order valence-corrected chi connectivity index (χ3v) is 13.8. The molecule has 2 aliphatic rings. The molecule has 4 aromatic carbocycles. The number of hydrogen-bond donors (Lipinski definition) is 1. The first-order valence-corrected chi connectivity index (χ1v) is 22.9. The number of carbonyl (C=O) groups excluding carboxylic acids is 4. The van der Waals surface area contributed by atoms with Gasteiger partial charge in [0, 0.05) is 27.6 Å². The Bertz CT molecular complexity index is 1250. The van der Waals surface area contributed by atoms with Gasteiger partial charge in [-0.15, -0.1) is 0 Å². The fourth-order valence-electron chi connectivity index (χ4n) is 5.66. The topological polar surface area (TPSA) is 86.8 Å². The number of rotatable bonds is 11. The predicted molar refractivity (Wildman–Crippen MR) is 218 cm³/mol. The van der Waals surface area contributed by atoms with Crippen molar-refractivity contribution in [3.63, 3.8) is 0 Å². The third-order valence-electron chi connectivity index (χ3n) is 8.22. The molecule has 2 saturated heterocycles. The fourth-order valence-corrected chi connectivity index (χ4v) is 11.1. The van der Waals surface area contributed by atoms with E-state index in [1.807, 2.05) is 0 Å². The van der Waals surface area contributed by atoms with Gasteiger partial charge in [-0.2, -0.15) is 9.59 Å². The number of hydrogen-bond acceptors (Lipinski definition) is 6. The molecule has 4 aromatic rings. The Morgan fingerprint density at radius 2 is 0.980 bits per heavy atom. The van der Waals surface area contributed by atoms with Crippen LogP contribution < -0.4 is 26.5 Å². The van der Waals surface area contributed by atoms with Gasteiger partial charge in [-0.25, -0.2) is 0 Å². The average Bonchev–Trinajstić information content (AvgIpc) is 3.98.